The van der Waals surface area contributed by atoms with Crippen LogP contribution >= 0.6 is 0 Å². The van der Waals surface area contributed by atoms with Crippen molar-refractivity contribution in [3.63, 3.8) is 0 Å². The zero-order valence-corrected chi connectivity index (χ0v) is 5.59. The summed E-state index contributed by atoms with van der Waals surface area (Å²) in [5.74, 6) is 0. The fourth-order valence-electron chi connectivity index (χ4n) is 0.967. The quantitative estimate of drug-likeness (QED) is 0.399. The van der Waals surface area contributed by atoms with Crippen LogP contribution in [0.1, 0.15) is 13.3 Å². The molecule has 1 fully saturated rings. The molecule has 1 saturated heterocycles. The van der Waals surface area contributed by atoms with Gasteiger partial charge in [-0.1, -0.05) is 0 Å². The molecule has 1 rings (SSSR count). The van der Waals surface area contributed by atoms with Crippen LogP contribution in [0.15, 0.2) is 0 Å². The Hall–Kier alpha value is -0.120. The molecular weight excluding hydrogens is 118 g/mol. The Balaban J connectivity index is 2.49. The molecule has 3 nitrogen and oxygen atoms in total. The van der Waals surface area contributed by atoms with E-state index in [0.717, 1.165) is 6.54 Å². The topological polar surface area (TPSA) is 52.5 Å². The van der Waals surface area contributed by atoms with Crippen LogP contribution in [-0.2, 0) is 0 Å². The summed E-state index contributed by atoms with van der Waals surface area (Å²) in [5.41, 5.74) is -0.870. The Bertz CT molecular complexity index is 103. The van der Waals surface area contributed by atoms with E-state index < -0.39 is 11.7 Å². The maximum atomic E-state index is 9.35. The molecule has 3 heteroatoms. The molecule has 1 aliphatic rings. The summed E-state index contributed by atoms with van der Waals surface area (Å²) in [7, 11) is 0. The lowest BCUT2D eigenvalue weighted by Crippen LogP contribution is -2.52. The molecule has 0 radical (unpaired) electrons. The first-order valence-corrected chi connectivity index (χ1v) is 3.24. The Morgan fingerprint density at radius 3 is 2.67 bits per heavy atom. The van der Waals surface area contributed by atoms with Gasteiger partial charge in [0.1, 0.15) is 0 Å². The summed E-state index contributed by atoms with van der Waals surface area (Å²) in [6, 6.07) is 0. The molecule has 9 heavy (non-hydrogen) atoms. The third-order valence-electron chi connectivity index (χ3n) is 1.86. The van der Waals surface area contributed by atoms with E-state index in [1.165, 1.54) is 0 Å². The van der Waals surface area contributed by atoms with Gasteiger partial charge < -0.3 is 15.5 Å². The lowest BCUT2D eigenvalue weighted by atomic mass is 9.92. The van der Waals surface area contributed by atoms with Crippen molar-refractivity contribution in [2.75, 3.05) is 13.1 Å². The summed E-state index contributed by atoms with van der Waals surface area (Å²) < 4.78 is 0. The number of β-amino-alcohol motifs (C(OH)–C–C–N with tert-alkyl or cyclic N) is 1. The second-order valence-corrected chi connectivity index (χ2v) is 2.83. The molecule has 1 aliphatic heterocycles. The van der Waals surface area contributed by atoms with Gasteiger partial charge in [0, 0.05) is 6.54 Å². The van der Waals surface area contributed by atoms with Crippen LogP contribution in [0, 0.1) is 0 Å². The van der Waals surface area contributed by atoms with Crippen LogP contribution < -0.4 is 5.32 Å². The molecule has 0 bridgehead atoms. The lowest BCUT2D eigenvalue weighted by molar-refractivity contribution is -0.0783. The second kappa shape index (κ2) is 2.25. The van der Waals surface area contributed by atoms with Crippen molar-refractivity contribution in [2.45, 2.75) is 25.0 Å². The van der Waals surface area contributed by atoms with Crippen LogP contribution in [0.4, 0.5) is 0 Å². The van der Waals surface area contributed by atoms with Gasteiger partial charge in [0.2, 0.25) is 0 Å². The van der Waals surface area contributed by atoms with Gasteiger partial charge in [-0.05, 0) is 19.9 Å². The summed E-state index contributed by atoms with van der Waals surface area (Å²) in [5, 5.41) is 21.5. The minimum atomic E-state index is -0.870. The van der Waals surface area contributed by atoms with Crippen molar-refractivity contribution >= 4 is 0 Å². The van der Waals surface area contributed by atoms with Crippen LogP contribution in [-0.4, -0.2) is 35.0 Å². The van der Waals surface area contributed by atoms with Crippen molar-refractivity contribution in [1.82, 2.24) is 5.32 Å². The van der Waals surface area contributed by atoms with E-state index in [9.17, 15) is 5.11 Å². The predicted octanol–water partition coefficient (Wildman–Crippen LogP) is -0.908. The summed E-state index contributed by atoms with van der Waals surface area (Å²) >= 11 is 0. The number of aliphatic hydroxyl groups is 2. The minimum Gasteiger partial charge on any atom is -0.389 e. The zero-order valence-electron chi connectivity index (χ0n) is 5.59. The van der Waals surface area contributed by atoms with Crippen molar-refractivity contribution in [3.05, 3.63) is 0 Å². The van der Waals surface area contributed by atoms with E-state index in [1.807, 2.05) is 0 Å². The van der Waals surface area contributed by atoms with E-state index >= 15 is 0 Å². The molecule has 0 amide bonds. The normalized spacial score (nSPS) is 45.0. The molecule has 0 aromatic heterocycles. The fraction of sp³-hybridized carbons (Fsp3) is 1.00. The van der Waals surface area contributed by atoms with Gasteiger partial charge in [0.25, 0.3) is 0 Å². The molecule has 2 atom stereocenters. The van der Waals surface area contributed by atoms with Gasteiger partial charge >= 0.3 is 0 Å². The first-order chi connectivity index (χ1) is 4.13. The molecule has 0 aliphatic carbocycles. The zero-order chi connectivity index (χ0) is 6.91. The van der Waals surface area contributed by atoms with Crippen molar-refractivity contribution in [1.29, 1.82) is 0 Å². The van der Waals surface area contributed by atoms with E-state index in [-0.39, 0.29) is 0 Å². The standard InChI is InChI=1S/C6H13NO2/c1-6(9)2-3-7-4-5(6)8/h5,7-9H,2-4H2,1H3. The van der Waals surface area contributed by atoms with Crippen molar-refractivity contribution in [2.24, 2.45) is 0 Å². The Kier molecular flexibility index (Phi) is 1.75. The molecule has 3 N–H and O–H groups in total. The minimum absolute atomic E-state index is 0.507. The van der Waals surface area contributed by atoms with Gasteiger partial charge in [-0.15, -0.1) is 0 Å². The maximum Gasteiger partial charge on any atom is 0.0948 e. The average molecular weight is 131 g/mol. The Morgan fingerprint density at radius 2 is 2.33 bits per heavy atom. The molecule has 0 aromatic rings. The monoisotopic (exact) mass is 131 g/mol. The van der Waals surface area contributed by atoms with Crippen molar-refractivity contribution in [3.8, 4) is 0 Å². The highest BCUT2D eigenvalue weighted by molar-refractivity contribution is 4.87. The molecule has 1 heterocycles. The fourth-order valence-corrected chi connectivity index (χ4v) is 0.967. The molecule has 2 unspecified atom stereocenters. The maximum absolute atomic E-state index is 9.35. The highest BCUT2D eigenvalue weighted by Crippen LogP contribution is 2.16. The number of nitrogens with one attached hydrogen (secondary N) is 1. The third kappa shape index (κ3) is 1.41. The van der Waals surface area contributed by atoms with Crippen LogP contribution in [0.25, 0.3) is 0 Å². The van der Waals surface area contributed by atoms with Gasteiger partial charge in [-0.3, -0.25) is 0 Å². The van der Waals surface area contributed by atoms with Crippen LogP contribution in [0.5, 0.6) is 0 Å². The first kappa shape index (κ1) is 6.99. The highest BCUT2D eigenvalue weighted by Gasteiger charge is 2.32. The number of piperidine rings is 1. The summed E-state index contributed by atoms with van der Waals surface area (Å²) in [6.07, 6.45) is 0.0278. The van der Waals surface area contributed by atoms with Gasteiger partial charge in [0.05, 0.1) is 11.7 Å². The summed E-state index contributed by atoms with van der Waals surface area (Å²) in [6.45, 7) is 2.97. The lowest BCUT2D eigenvalue weighted by Gasteiger charge is -2.33. The van der Waals surface area contributed by atoms with Gasteiger partial charge in [-0.2, -0.15) is 0 Å². The first-order valence-electron chi connectivity index (χ1n) is 3.24. The van der Waals surface area contributed by atoms with E-state index in [1.54, 1.807) is 6.92 Å². The van der Waals surface area contributed by atoms with E-state index in [0.29, 0.717) is 13.0 Å². The average Bonchev–Trinajstić information content (AvgIpc) is 1.77. The number of hydrogen-bond acceptors (Lipinski definition) is 3. The SMILES string of the molecule is CC1(O)CCNCC1O. The van der Waals surface area contributed by atoms with Crippen LogP contribution in [0.3, 0.4) is 0 Å². The molecule has 54 valence electrons. The second-order valence-electron chi connectivity index (χ2n) is 2.83. The van der Waals surface area contributed by atoms with E-state index in [2.05, 4.69) is 5.32 Å². The summed E-state index contributed by atoms with van der Waals surface area (Å²) in [4.78, 5) is 0. The number of hydrogen-bond donors (Lipinski definition) is 3. The molecular formula is C6H13NO2. The van der Waals surface area contributed by atoms with Crippen molar-refractivity contribution < 1.29 is 10.2 Å². The number of aliphatic hydroxyl groups excluding tert-OH is 1. The van der Waals surface area contributed by atoms with Crippen LogP contribution in [0.2, 0.25) is 0 Å². The molecule has 0 aromatic carbocycles. The van der Waals surface area contributed by atoms with Gasteiger partial charge in [-0.25, -0.2) is 0 Å². The Morgan fingerprint density at radius 1 is 1.67 bits per heavy atom. The van der Waals surface area contributed by atoms with Gasteiger partial charge in [0.15, 0.2) is 0 Å². The molecule has 0 saturated carbocycles. The van der Waals surface area contributed by atoms with E-state index in [4.69, 9.17) is 5.11 Å². The largest absolute Gasteiger partial charge is 0.389 e. The Labute approximate surface area is 54.7 Å². The molecule has 0 spiro atoms. The predicted molar refractivity (Wildman–Crippen MR) is 34.1 cm³/mol. The smallest absolute Gasteiger partial charge is 0.0948 e. The number of rotatable bonds is 0. The third-order valence-corrected chi connectivity index (χ3v) is 1.86. The highest BCUT2D eigenvalue weighted by atomic mass is 16.3.